The van der Waals surface area contributed by atoms with Crippen molar-refractivity contribution in [2.24, 2.45) is 0 Å². The van der Waals surface area contributed by atoms with Crippen molar-refractivity contribution in [2.75, 3.05) is 7.11 Å². The van der Waals surface area contributed by atoms with Gasteiger partial charge in [-0.05, 0) is 28.7 Å². The van der Waals surface area contributed by atoms with Crippen molar-refractivity contribution in [1.82, 2.24) is 0 Å². The molecule has 0 heterocycles. The standard InChI is InChI=1S/C8H5F2IO2/c1-13-8(12)4-2-7(11)6(10)3-5(4)9/h2-3H,1H3. The highest BCUT2D eigenvalue weighted by atomic mass is 127. The number of carbonyl (C=O) groups is 1. The zero-order chi connectivity index (χ0) is 10.0. The van der Waals surface area contributed by atoms with E-state index in [4.69, 9.17) is 0 Å². The topological polar surface area (TPSA) is 26.3 Å². The van der Waals surface area contributed by atoms with E-state index in [2.05, 4.69) is 4.74 Å². The summed E-state index contributed by atoms with van der Waals surface area (Å²) in [5, 5.41) is 0. The van der Waals surface area contributed by atoms with E-state index >= 15 is 0 Å². The smallest absolute Gasteiger partial charge is 0.340 e. The molecule has 0 aliphatic rings. The fourth-order valence-electron chi connectivity index (χ4n) is 0.789. The van der Waals surface area contributed by atoms with Crippen molar-refractivity contribution in [3.05, 3.63) is 32.9 Å². The molecule has 0 N–H and O–H groups in total. The molecule has 0 aliphatic carbocycles. The van der Waals surface area contributed by atoms with Crippen LogP contribution in [0.2, 0.25) is 0 Å². The average molecular weight is 298 g/mol. The van der Waals surface area contributed by atoms with Crippen molar-refractivity contribution in [3.8, 4) is 0 Å². The highest BCUT2D eigenvalue weighted by Crippen LogP contribution is 2.17. The van der Waals surface area contributed by atoms with E-state index in [1.807, 2.05) is 0 Å². The maximum Gasteiger partial charge on any atom is 0.340 e. The van der Waals surface area contributed by atoms with Crippen molar-refractivity contribution in [2.45, 2.75) is 0 Å². The number of benzene rings is 1. The predicted molar refractivity (Wildman–Crippen MR) is 50.4 cm³/mol. The summed E-state index contributed by atoms with van der Waals surface area (Å²) in [7, 11) is 1.14. The molecule has 2 nitrogen and oxygen atoms in total. The van der Waals surface area contributed by atoms with Gasteiger partial charge >= 0.3 is 5.97 Å². The maximum atomic E-state index is 12.9. The zero-order valence-corrected chi connectivity index (χ0v) is 8.76. The first kappa shape index (κ1) is 10.4. The maximum absolute atomic E-state index is 12.9. The van der Waals surface area contributed by atoms with Gasteiger partial charge in [-0.3, -0.25) is 0 Å². The number of rotatable bonds is 1. The van der Waals surface area contributed by atoms with E-state index in [1.54, 1.807) is 22.6 Å². The number of esters is 1. The van der Waals surface area contributed by atoms with Crippen LogP contribution in [0.5, 0.6) is 0 Å². The third-order valence-electron chi connectivity index (χ3n) is 1.42. The third-order valence-corrected chi connectivity index (χ3v) is 2.24. The van der Waals surface area contributed by atoms with Crippen LogP contribution in [0, 0.1) is 15.2 Å². The second kappa shape index (κ2) is 3.99. The van der Waals surface area contributed by atoms with Gasteiger partial charge in [0.05, 0.1) is 12.7 Å². The van der Waals surface area contributed by atoms with Gasteiger partial charge in [-0.2, -0.15) is 0 Å². The Morgan fingerprint density at radius 3 is 2.54 bits per heavy atom. The fourth-order valence-corrected chi connectivity index (χ4v) is 1.26. The van der Waals surface area contributed by atoms with E-state index < -0.39 is 17.6 Å². The van der Waals surface area contributed by atoms with Crippen LogP contribution in [0.4, 0.5) is 8.78 Å². The van der Waals surface area contributed by atoms with Crippen LogP contribution < -0.4 is 0 Å². The van der Waals surface area contributed by atoms with Crippen LogP contribution in [0.1, 0.15) is 10.4 Å². The summed E-state index contributed by atoms with van der Waals surface area (Å²) in [6.07, 6.45) is 0. The van der Waals surface area contributed by atoms with Crippen LogP contribution in [-0.2, 0) is 4.74 Å². The first-order valence-electron chi connectivity index (χ1n) is 3.29. The van der Waals surface area contributed by atoms with Crippen LogP contribution in [-0.4, -0.2) is 13.1 Å². The van der Waals surface area contributed by atoms with Gasteiger partial charge in [0.1, 0.15) is 11.6 Å². The first-order valence-corrected chi connectivity index (χ1v) is 4.37. The molecule has 0 saturated heterocycles. The zero-order valence-electron chi connectivity index (χ0n) is 6.61. The quantitative estimate of drug-likeness (QED) is 0.452. The molecule has 0 aromatic heterocycles. The van der Waals surface area contributed by atoms with Gasteiger partial charge < -0.3 is 4.74 Å². The summed E-state index contributed by atoms with van der Waals surface area (Å²) in [5.74, 6) is -2.41. The van der Waals surface area contributed by atoms with Crippen LogP contribution >= 0.6 is 22.6 Å². The summed E-state index contributed by atoms with van der Waals surface area (Å²) in [6, 6.07) is 1.77. The van der Waals surface area contributed by atoms with Gasteiger partial charge in [-0.1, -0.05) is 0 Å². The number of hydrogen-bond acceptors (Lipinski definition) is 2. The molecule has 0 saturated carbocycles. The van der Waals surface area contributed by atoms with Gasteiger partial charge in [0.2, 0.25) is 0 Å². The van der Waals surface area contributed by atoms with Gasteiger partial charge in [0, 0.05) is 9.64 Å². The molecule has 0 unspecified atom stereocenters. The molecule has 5 heteroatoms. The Kier molecular flexibility index (Phi) is 3.18. The second-order valence-electron chi connectivity index (χ2n) is 2.24. The first-order chi connectivity index (χ1) is 6.06. The molecule has 0 atom stereocenters. The Hall–Kier alpha value is -0.720. The highest BCUT2D eigenvalue weighted by Gasteiger charge is 2.14. The minimum Gasteiger partial charge on any atom is -0.465 e. The fraction of sp³-hybridized carbons (Fsp3) is 0.125. The minimum atomic E-state index is -0.912. The molecular weight excluding hydrogens is 293 g/mol. The second-order valence-corrected chi connectivity index (χ2v) is 3.40. The van der Waals surface area contributed by atoms with E-state index in [1.165, 1.54) is 0 Å². The third kappa shape index (κ3) is 2.15. The molecule has 0 bridgehead atoms. The Morgan fingerprint density at radius 1 is 1.38 bits per heavy atom. The molecule has 0 fully saturated rings. The SMILES string of the molecule is COC(=O)c1cc(I)c(F)cc1F. The Balaban J connectivity index is 3.23. The highest BCUT2D eigenvalue weighted by molar-refractivity contribution is 14.1. The van der Waals surface area contributed by atoms with E-state index in [9.17, 15) is 13.6 Å². The molecule has 13 heavy (non-hydrogen) atoms. The van der Waals surface area contributed by atoms with Gasteiger partial charge in [-0.25, -0.2) is 13.6 Å². The molecule has 0 amide bonds. The number of hydrogen-bond donors (Lipinski definition) is 0. The molecule has 1 rings (SSSR count). The monoisotopic (exact) mass is 298 g/mol. The van der Waals surface area contributed by atoms with Crippen molar-refractivity contribution >= 4 is 28.6 Å². The Morgan fingerprint density at radius 2 is 2.00 bits per heavy atom. The Bertz CT molecular complexity index is 352. The van der Waals surface area contributed by atoms with Crippen molar-refractivity contribution in [3.63, 3.8) is 0 Å². The molecule has 0 radical (unpaired) electrons. The number of methoxy groups -OCH3 is 1. The van der Waals surface area contributed by atoms with Crippen molar-refractivity contribution < 1.29 is 18.3 Å². The molecule has 0 spiro atoms. The normalized spacial score (nSPS) is 9.85. The lowest BCUT2D eigenvalue weighted by Crippen LogP contribution is -2.05. The minimum absolute atomic E-state index is 0.180. The molecule has 1 aromatic carbocycles. The molecule has 0 aliphatic heterocycles. The molecule has 1 aromatic rings. The van der Waals surface area contributed by atoms with Gasteiger partial charge in [0.15, 0.2) is 0 Å². The number of ether oxygens (including phenoxy) is 1. The van der Waals surface area contributed by atoms with Crippen LogP contribution in [0.25, 0.3) is 0 Å². The summed E-state index contributed by atoms with van der Waals surface area (Å²) < 4.78 is 30.1. The summed E-state index contributed by atoms with van der Waals surface area (Å²) in [4.78, 5) is 10.9. The lowest BCUT2D eigenvalue weighted by atomic mass is 10.2. The summed E-state index contributed by atoms with van der Waals surface area (Å²) in [5.41, 5.74) is -0.256. The molecule has 70 valence electrons. The Labute approximate surface area is 87.0 Å². The van der Waals surface area contributed by atoms with Gasteiger partial charge in [0.25, 0.3) is 0 Å². The number of carbonyl (C=O) groups excluding carboxylic acids is 1. The molecular formula is C8H5F2IO2. The van der Waals surface area contributed by atoms with Crippen LogP contribution in [0.3, 0.4) is 0 Å². The predicted octanol–water partition coefficient (Wildman–Crippen LogP) is 2.36. The average Bonchev–Trinajstić information content (AvgIpc) is 2.10. The van der Waals surface area contributed by atoms with E-state index in [0.29, 0.717) is 6.07 Å². The van der Waals surface area contributed by atoms with E-state index in [0.717, 1.165) is 13.2 Å². The summed E-state index contributed by atoms with van der Waals surface area (Å²) >= 11 is 1.67. The summed E-state index contributed by atoms with van der Waals surface area (Å²) in [6.45, 7) is 0. The van der Waals surface area contributed by atoms with E-state index in [-0.39, 0.29) is 9.13 Å². The van der Waals surface area contributed by atoms with Crippen molar-refractivity contribution in [1.29, 1.82) is 0 Å². The van der Waals surface area contributed by atoms with Gasteiger partial charge in [-0.15, -0.1) is 0 Å². The lowest BCUT2D eigenvalue weighted by molar-refractivity contribution is 0.0595. The largest absolute Gasteiger partial charge is 0.465 e. The van der Waals surface area contributed by atoms with Crippen LogP contribution in [0.15, 0.2) is 12.1 Å². The lowest BCUT2D eigenvalue weighted by Gasteiger charge is -2.02. The number of halogens is 3.